The average Bonchev–Trinajstić information content (AvgIpc) is 3.00. The molecule has 0 fully saturated rings. The normalized spacial score (nSPS) is 11.9. The summed E-state index contributed by atoms with van der Waals surface area (Å²) >= 11 is 0. The predicted octanol–water partition coefficient (Wildman–Crippen LogP) is 2.13. The van der Waals surface area contributed by atoms with Crippen molar-refractivity contribution >= 4 is 11.9 Å². The monoisotopic (exact) mass is 288 g/mol. The number of carbonyl (C=O) groups excluding carboxylic acids is 1. The average molecular weight is 288 g/mol. The molecule has 0 saturated heterocycles. The molecule has 1 aromatic carbocycles. The highest BCUT2D eigenvalue weighted by atomic mass is 16.4. The quantitative estimate of drug-likeness (QED) is 0.911. The van der Waals surface area contributed by atoms with Crippen LogP contribution in [-0.4, -0.2) is 40.5 Å². The number of oxazole rings is 1. The van der Waals surface area contributed by atoms with Crippen LogP contribution in [0.2, 0.25) is 0 Å². The molecule has 2 rings (SSSR count). The zero-order chi connectivity index (χ0) is 15.4. The lowest BCUT2D eigenvalue weighted by Gasteiger charge is -2.19. The number of aromatic nitrogens is 1. The predicted molar refractivity (Wildman–Crippen MR) is 75.7 cm³/mol. The Labute approximate surface area is 122 Å². The SMILES string of the molecule is CC(CN(C)C(=O)c1cccc(-c2cnco2)c1)C(=O)O. The Morgan fingerprint density at radius 2 is 2.19 bits per heavy atom. The van der Waals surface area contributed by atoms with Crippen molar-refractivity contribution < 1.29 is 19.1 Å². The van der Waals surface area contributed by atoms with Crippen molar-refractivity contribution in [3.05, 3.63) is 42.4 Å². The molecule has 0 spiro atoms. The van der Waals surface area contributed by atoms with E-state index in [1.807, 2.05) is 6.07 Å². The summed E-state index contributed by atoms with van der Waals surface area (Å²) in [6.45, 7) is 1.72. The molecule has 1 amide bonds. The van der Waals surface area contributed by atoms with Gasteiger partial charge >= 0.3 is 5.97 Å². The Hall–Kier alpha value is -2.63. The zero-order valence-electron chi connectivity index (χ0n) is 11.8. The van der Waals surface area contributed by atoms with Crippen molar-refractivity contribution in [2.75, 3.05) is 13.6 Å². The second-order valence-electron chi connectivity index (χ2n) is 4.87. The molecule has 1 atom stereocenters. The molecule has 21 heavy (non-hydrogen) atoms. The van der Waals surface area contributed by atoms with Crippen molar-refractivity contribution in [3.8, 4) is 11.3 Å². The van der Waals surface area contributed by atoms with Crippen LogP contribution in [0.3, 0.4) is 0 Å². The third-order valence-electron chi connectivity index (χ3n) is 3.14. The van der Waals surface area contributed by atoms with Gasteiger partial charge in [-0.3, -0.25) is 9.59 Å². The fourth-order valence-electron chi connectivity index (χ4n) is 1.96. The first kappa shape index (κ1) is 14.8. The van der Waals surface area contributed by atoms with E-state index < -0.39 is 11.9 Å². The van der Waals surface area contributed by atoms with Crippen molar-refractivity contribution in [3.63, 3.8) is 0 Å². The summed E-state index contributed by atoms with van der Waals surface area (Å²) < 4.78 is 5.20. The number of hydrogen-bond acceptors (Lipinski definition) is 4. The molecular formula is C15H16N2O4. The van der Waals surface area contributed by atoms with Crippen molar-refractivity contribution in [1.29, 1.82) is 0 Å². The van der Waals surface area contributed by atoms with Crippen LogP contribution in [0, 0.1) is 5.92 Å². The number of rotatable bonds is 5. The summed E-state index contributed by atoms with van der Waals surface area (Å²) in [4.78, 5) is 28.4. The number of amides is 1. The molecule has 1 heterocycles. The number of benzene rings is 1. The zero-order valence-corrected chi connectivity index (χ0v) is 11.8. The molecule has 6 nitrogen and oxygen atoms in total. The summed E-state index contributed by atoms with van der Waals surface area (Å²) in [5.41, 5.74) is 1.22. The molecule has 110 valence electrons. The van der Waals surface area contributed by atoms with Crippen LogP contribution in [0.4, 0.5) is 0 Å². The van der Waals surface area contributed by atoms with Gasteiger partial charge in [0.15, 0.2) is 12.2 Å². The topological polar surface area (TPSA) is 83.6 Å². The molecule has 0 bridgehead atoms. The first-order chi connectivity index (χ1) is 9.99. The van der Waals surface area contributed by atoms with E-state index in [4.69, 9.17) is 9.52 Å². The van der Waals surface area contributed by atoms with E-state index in [1.54, 1.807) is 38.4 Å². The van der Waals surface area contributed by atoms with Crippen LogP contribution in [-0.2, 0) is 4.79 Å². The maximum Gasteiger partial charge on any atom is 0.308 e. The number of hydrogen-bond donors (Lipinski definition) is 1. The minimum absolute atomic E-state index is 0.153. The Morgan fingerprint density at radius 3 is 2.81 bits per heavy atom. The molecule has 2 aromatic rings. The Morgan fingerprint density at radius 1 is 1.43 bits per heavy atom. The highest BCUT2D eigenvalue weighted by molar-refractivity contribution is 5.95. The van der Waals surface area contributed by atoms with Gasteiger partial charge in [-0.1, -0.05) is 19.1 Å². The van der Waals surface area contributed by atoms with E-state index >= 15 is 0 Å². The number of carbonyl (C=O) groups is 2. The summed E-state index contributed by atoms with van der Waals surface area (Å²) in [7, 11) is 1.59. The highest BCUT2D eigenvalue weighted by Gasteiger charge is 2.19. The second kappa shape index (κ2) is 6.21. The minimum atomic E-state index is -0.926. The third kappa shape index (κ3) is 3.47. The molecule has 6 heteroatoms. The number of nitrogens with zero attached hydrogens (tertiary/aromatic N) is 2. The molecule has 0 saturated carbocycles. The lowest BCUT2D eigenvalue weighted by Crippen LogP contribution is -2.33. The van der Waals surface area contributed by atoms with Gasteiger partial charge in [0.05, 0.1) is 12.1 Å². The molecule has 1 aromatic heterocycles. The van der Waals surface area contributed by atoms with Gasteiger partial charge in [0.2, 0.25) is 0 Å². The van der Waals surface area contributed by atoms with E-state index in [1.165, 1.54) is 11.3 Å². The Bertz CT molecular complexity index is 637. The molecule has 1 unspecified atom stereocenters. The Kier molecular flexibility index (Phi) is 4.37. The van der Waals surface area contributed by atoms with E-state index in [2.05, 4.69) is 4.98 Å². The van der Waals surface area contributed by atoms with Gasteiger partial charge in [0.1, 0.15) is 0 Å². The van der Waals surface area contributed by atoms with Crippen molar-refractivity contribution in [1.82, 2.24) is 9.88 Å². The van der Waals surface area contributed by atoms with Crippen LogP contribution in [0.15, 0.2) is 41.3 Å². The van der Waals surface area contributed by atoms with Gasteiger partial charge < -0.3 is 14.4 Å². The number of carboxylic acid groups (broad SMARTS) is 1. The molecule has 0 radical (unpaired) electrons. The maximum absolute atomic E-state index is 12.3. The van der Waals surface area contributed by atoms with Gasteiger partial charge in [-0.25, -0.2) is 4.98 Å². The summed E-state index contributed by atoms with van der Waals surface area (Å²) in [5, 5.41) is 8.90. The maximum atomic E-state index is 12.3. The molecule has 0 aliphatic rings. The molecule has 1 N–H and O–H groups in total. The summed E-state index contributed by atoms with van der Waals surface area (Å²) in [6, 6.07) is 6.95. The third-order valence-corrected chi connectivity index (χ3v) is 3.14. The largest absolute Gasteiger partial charge is 0.481 e. The van der Waals surface area contributed by atoms with Gasteiger partial charge in [0.25, 0.3) is 5.91 Å². The number of aliphatic carboxylic acids is 1. The first-order valence-electron chi connectivity index (χ1n) is 6.46. The van der Waals surface area contributed by atoms with Crippen LogP contribution in [0.5, 0.6) is 0 Å². The molecule has 0 aliphatic heterocycles. The van der Waals surface area contributed by atoms with E-state index in [0.29, 0.717) is 11.3 Å². The van der Waals surface area contributed by atoms with Gasteiger partial charge in [-0.05, 0) is 12.1 Å². The fraction of sp³-hybridized carbons (Fsp3) is 0.267. The van der Waals surface area contributed by atoms with Gasteiger partial charge in [-0.2, -0.15) is 0 Å². The Balaban J connectivity index is 2.16. The van der Waals surface area contributed by atoms with Crippen LogP contribution >= 0.6 is 0 Å². The summed E-state index contributed by atoms with van der Waals surface area (Å²) in [5.74, 6) is -1.20. The highest BCUT2D eigenvalue weighted by Crippen LogP contribution is 2.20. The molecule has 0 aliphatic carbocycles. The smallest absolute Gasteiger partial charge is 0.308 e. The van der Waals surface area contributed by atoms with Gasteiger partial charge in [-0.15, -0.1) is 0 Å². The minimum Gasteiger partial charge on any atom is -0.481 e. The fourth-order valence-corrected chi connectivity index (χ4v) is 1.96. The summed E-state index contributed by atoms with van der Waals surface area (Å²) in [6.07, 6.45) is 2.89. The van der Waals surface area contributed by atoms with Crippen molar-refractivity contribution in [2.45, 2.75) is 6.92 Å². The van der Waals surface area contributed by atoms with E-state index in [0.717, 1.165) is 5.56 Å². The lowest BCUT2D eigenvalue weighted by molar-refractivity contribution is -0.141. The van der Waals surface area contributed by atoms with Crippen LogP contribution < -0.4 is 0 Å². The lowest BCUT2D eigenvalue weighted by atomic mass is 10.1. The number of carboxylic acids is 1. The second-order valence-corrected chi connectivity index (χ2v) is 4.87. The van der Waals surface area contributed by atoms with Crippen LogP contribution in [0.25, 0.3) is 11.3 Å². The standard InChI is InChI=1S/C15H16N2O4/c1-10(15(19)20)8-17(2)14(18)12-5-3-4-11(6-12)13-7-16-9-21-13/h3-7,9-10H,8H2,1-2H3,(H,19,20). The van der Waals surface area contributed by atoms with Gasteiger partial charge in [0, 0.05) is 24.7 Å². The van der Waals surface area contributed by atoms with E-state index in [9.17, 15) is 9.59 Å². The van der Waals surface area contributed by atoms with Crippen LogP contribution in [0.1, 0.15) is 17.3 Å². The van der Waals surface area contributed by atoms with E-state index in [-0.39, 0.29) is 12.5 Å². The van der Waals surface area contributed by atoms with Crippen molar-refractivity contribution in [2.24, 2.45) is 5.92 Å². The molecular weight excluding hydrogens is 272 g/mol. The first-order valence-corrected chi connectivity index (χ1v) is 6.46.